The normalized spacial score (nSPS) is 20.7. The van der Waals surface area contributed by atoms with E-state index in [1.54, 1.807) is 28.9 Å². The molecule has 3 aliphatic rings. The molecule has 10 nitrogen and oxygen atoms in total. The van der Waals surface area contributed by atoms with Gasteiger partial charge in [-0.05, 0) is 18.2 Å². The lowest BCUT2D eigenvalue weighted by atomic mass is 10.2. The number of aliphatic imine (C=N–C) groups is 1. The minimum absolute atomic E-state index is 0.0184. The fourth-order valence-corrected chi connectivity index (χ4v) is 4.77. The van der Waals surface area contributed by atoms with Crippen LogP contribution < -0.4 is 20.5 Å². The zero-order valence-electron chi connectivity index (χ0n) is 18.7. The molecule has 0 bridgehead atoms. The van der Waals surface area contributed by atoms with Crippen molar-refractivity contribution in [3.8, 4) is 0 Å². The monoisotopic (exact) mass is 514 g/mol. The highest BCUT2D eigenvalue weighted by molar-refractivity contribution is 8.14. The molecule has 190 valence electrons. The number of nitrogens with one attached hydrogen (secondary N) is 2. The number of anilines is 2. The summed E-state index contributed by atoms with van der Waals surface area (Å²) in [6.07, 6.45) is -4.50. The molecule has 1 aromatic rings. The van der Waals surface area contributed by atoms with E-state index in [0.717, 1.165) is 17.3 Å². The second kappa shape index (κ2) is 11.2. The van der Waals surface area contributed by atoms with Crippen LogP contribution in [0.3, 0.4) is 0 Å². The van der Waals surface area contributed by atoms with Crippen LogP contribution in [0.4, 0.5) is 29.3 Å². The molecule has 1 atom stereocenters. The highest BCUT2D eigenvalue weighted by Gasteiger charge is 2.33. The first-order valence-electron chi connectivity index (χ1n) is 11.1. The van der Waals surface area contributed by atoms with Crippen molar-refractivity contribution in [3.05, 3.63) is 24.0 Å². The zero-order chi connectivity index (χ0) is 24.9. The Morgan fingerprint density at radius 1 is 1.29 bits per heavy atom. The number of carbonyl (C=O) groups excluding carboxylic acids is 3. The van der Waals surface area contributed by atoms with Gasteiger partial charge in [0.25, 0.3) is 5.91 Å². The van der Waals surface area contributed by atoms with E-state index in [2.05, 4.69) is 10.4 Å². The predicted molar refractivity (Wildman–Crippen MR) is 124 cm³/mol. The van der Waals surface area contributed by atoms with Crippen LogP contribution >= 0.6 is 11.8 Å². The third kappa shape index (κ3) is 6.17. The number of ether oxygens (including phenoxy) is 1. The molecule has 3 aliphatic heterocycles. The maximum atomic E-state index is 15.0. The van der Waals surface area contributed by atoms with Gasteiger partial charge < -0.3 is 15.0 Å². The maximum Gasteiger partial charge on any atom is 0.414 e. The van der Waals surface area contributed by atoms with Gasteiger partial charge in [-0.15, -0.1) is 11.8 Å². The first-order chi connectivity index (χ1) is 16.8. The van der Waals surface area contributed by atoms with Crippen molar-refractivity contribution in [2.45, 2.75) is 19.0 Å². The van der Waals surface area contributed by atoms with Crippen molar-refractivity contribution in [1.29, 1.82) is 0 Å². The molecule has 2 N–H and O–H groups in total. The second-order valence-electron chi connectivity index (χ2n) is 8.04. The Kier molecular flexibility index (Phi) is 8.00. The van der Waals surface area contributed by atoms with E-state index in [0.29, 0.717) is 31.9 Å². The summed E-state index contributed by atoms with van der Waals surface area (Å²) in [6.45, 7) is 2.12. The highest BCUT2D eigenvalue weighted by atomic mass is 32.2. The quantitative estimate of drug-likeness (QED) is 0.564. The fourth-order valence-electron chi connectivity index (χ4n) is 3.95. The smallest absolute Gasteiger partial charge is 0.414 e. The minimum atomic E-state index is -3.16. The molecule has 0 radical (unpaired) electrons. The Morgan fingerprint density at radius 3 is 2.83 bits per heavy atom. The molecule has 2 saturated heterocycles. The number of benzene rings is 1. The lowest BCUT2D eigenvalue weighted by molar-refractivity contribution is -0.133. The molecule has 3 amide bonds. The Morgan fingerprint density at radius 2 is 2.11 bits per heavy atom. The number of hydrazine groups is 1. The number of halogens is 3. The highest BCUT2D eigenvalue weighted by Crippen LogP contribution is 2.28. The standard InChI is InChI=1S/C21H25F3N6O4S/c22-15-9-13(29-12-14(34-21(29)33)11-26-20(32)19(23)24)1-2-16(15)28-5-3-27-30(7-6-28)18(31)10-17-25-4-8-35-17/h1-2,9,14,19,27H,3-8,10-12H2,(H,26,32)/t14-/m0/s1. The van der Waals surface area contributed by atoms with Crippen LogP contribution in [0, 0.1) is 5.82 Å². The molecule has 0 aliphatic carbocycles. The van der Waals surface area contributed by atoms with Crippen molar-refractivity contribution >= 4 is 46.1 Å². The number of rotatable bonds is 7. The van der Waals surface area contributed by atoms with Gasteiger partial charge >= 0.3 is 12.5 Å². The lowest BCUT2D eigenvalue weighted by Gasteiger charge is -2.24. The number of amides is 3. The summed E-state index contributed by atoms with van der Waals surface area (Å²) >= 11 is 1.59. The van der Waals surface area contributed by atoms with Crippen molar-refractivity contribution in [3.63, 3.8) is 0 Å². The maximum absolute atomic E-state index is 15.0. The summed E-state index contributed by atoms with van der Waals surface area (Å²) < 4.78 is 44.8. The summed E-state index contributed by atoms with van der Waals surface area (Å²) in [4.78, 5) is 43.1. The topological polar surface area (TPSA) is 107 Å². The van der Waals surface area contributed by atoms with E-state index in [1.807, 2.05) is 10.2 Å². The molecular formula is C21H25F3N6O4S. The van der Waals surface area contributed by atoms with E-state index in [4.69, 9.17) is 4.74 Å². The number of carbonyl (C=O) groups is 3. The Labute approximate surface area is 203 Å². The van der Waals surface area contributed by atoms with Gasteiger partial charge in [0.05, 0.1) is 42.5 Å². The molecule has 0 aromatic heterocycles. The summed E-state index contributed by atoms with van der Waals surface area (Å²) in [7, 11) is 0. The van der Waals surface area contributed by atoms with Crippen molar-refractivity contribution in [2.75, 3.05) is 61.4 Å². The Bertz CT molecular complexity index is 1010. The molecule has 2 fully saturated rings. The first-order valence-corrected chi connectivity index (χ1v) is 12.1. The number of hydrogen-bond acceptors (Lipinski definition) is 8. The fraction of sp³-hybridized carbons (Fsp3) is 0.524. The van der Waals surface area contributed by atoms with Crippen LogP contribution in [-0.4, -0.2) is 92.1 Å². The molecule has 1 aromatic carbocycles. The summed E-state index contributed by atoms with van der Waals surface area (Å²) in [5.41, 5.74) is 3.65. The van der Waals surface area contributed by atoms with E-state index in [9.17, 15) is 23.2 Å². The summed E-state index contributed by atoms with van der Waals surface area (Å²) in [5.74, 6) is -1.19. The molecule has 0 saturated carbocycles. The van der Waals surface area contributed by atoms with Gasteiger partial charge in [-0.3, -0.25) is 24.5 Å². The number of hydrogen-bond donors (Lipinski definition) is 2. The predicted octanol–water partition coefficient (Wildman–Crippen LogP) is 1.22. The number of thioether (sulfide) groups is 1. The zero-order valence-corrected chi connectivity index (χ0v) is 19.5. The van der Waals surface area contributed by atoms with Crippen LogP contribution in [0.5, 0.6) is 0 Å². The minimum Gasteiger partial charge on any atom is -0.442 e. The van der Waals surface area contributed by atoms with Crippen molar-refractivity contribution in [2.24, 2.45) is 4.99 Å². The Hall–Kier alpha value is -3.00. The largest absolute Gasteiger partial charge is 0.442 e. The SMILES string of the molecule is O=C(NC[C@H]1CN(c2ccc(N3CCNN(C(=O)CC4=NCCS4)CC3)c(F)c2)C(=O)O1)C(F)F. The summed E-state index contributed by atoms with van der Waals surface area (Å²) in [6, 6.07) is 4.31. The van der Waals surface area contributed by atoms with Gasteiger partial charge in [-0.2, -0.15) is 8.78 Å². The second-order valence-corrected chi connectivity index (χ2v) is 9.21. The van der Waals surface area contributed by atoms with E-state index < -0.39 is 30.3 Å². The van der Waals surface area contributed by atoms with Gasteiger partial charge in [-0.25, -0.2) is 14.6 Å². The van der Waals surface area contributed by atoms with E-state index in [-0.39, 0.29) is 31.1 Å². The van der Waals surface area contributed by atoms with Crippen LogP contribution in [0.2, 0.25) is 0 Å². The third-order valence-corrected chi connectivity index (χ3v) is 6.68. The van der Waals surface area contributed by atoms with Crippen LogP contribution in [0.15, 0.2) is 23.2 Å². The van der Waals surface area contributed by atoms with Crippen LogP contribution in [-0.2, 0) is 14.3 Å². The molecular weight excluding hydrogens is 489 g/mol. The van der Waals surface area contributed by atoms with Crippen molar-refractivity contribution < 1.29 is 32.3 Å². The molecule has 4 rings (SSSR count). The number of nitrogens with zero attached hydrogens (tertiary/aromatic N) is 4. The van der Waals surface area contributed by atoms with Gasteiger partial charge in [-0.1, -0.05) is 0 Å². The average molecular weight is 515 g/mol. The first kappa shape index (κ1) is 25.1. The molecule has 14 heteroatoms. The number of cyclic esters (lactones) is 1. The van der Waals surface area contributed by atoms with Gasteiger partial charge in [0.15, 0.2) is 0 Å². The number of alkyl halides is 2. The van der Waals surface area contributed by atoms with Gasteiger partial charge in [0, 0.05) is 31.9 Å². The molecule has 0 unspecified atom stereocenters. The van der Waals surface area contributed by atoms with E-state index >= 15 is 4.39 Å². The van der Waals surface area contributed by atoms with Gasteiger partial charge in [0.2, 0.25) is 5.91 Å². The van der Waals surface area contributed by atoms with Crippen LogP contribution in [0.25, 0.3) is 0 Å². The molecule has 0 spiro atoms. The van der Waals surface area contributed by atoms with Gasteiger partial charge in [0.1, 0.15) is 11.9 Å². The molecule has 3 heterocycles. The van der Waals surface area contributed by atoms with E-state index in [1.165, 1.54) is 11.0 Å². The average Bonchev–Trinajstić information content (AvgIpc) is 3.39. The van der Waals surface area contributed by atoms with Crippen molar-refractivity contribution in [1.82, 2.24) is 15.8 Å². The van der Waals surface area contributed by atoms with Crippen LogP contribution in [0.1, 0.15) is 6.42 Å². The lowest BCUT2D eigenvalue weighted by Crippen LogP contribution is -2.44. The molecule has 35 heavy (non-hydrogen) atoms. The third-order valence-electron chi connectivity index (χ3n) is 5.69. The summed E-state index contributed by atoms with van der Waals surface area (Å²) in [5, 5.41) is 4.38. The Balaban J connectivity index is 1.34.